The van der Waals surface area contributed by atoms with Crippen molar-refractivity contribution in [2.75, 3.05) is 57.3 Å². The van der Waals surface area contributed by atoms with E-state index in [2.05, 4.69) is 4.90 Å². The average Bonchev–Trinajstić information content (AvgIpc) is 3.25. The number of rotatable bonds is 6. The Morgan fingerprint density at radius 3 is 2.45 bits per heavy atom. The fraction of sp³-hybridized carbons (Fsp3) is 0.636. The van der Waals surface area contributed by atoms with Crippen LogP contribution >= 0.6 is 0 Å². The van der Waals surface area contributed by atoms with Crippen LogP contribution in [0.15, 0.2) is 24.3 Å². The number of carbonyl (C=O) groups excluding carboxylic acids is 2. The van der Waals surface area contributed by atoms with Crippen LogP contribution in [0.4, 0.5) is 18.9 Å². The van der Waals surface area contributed by atoms with Crippen molar-refractivity contribution in [3.05, 3.63) is 29.8 Å². The second-order valence-corrected chi connectivity index (χ2v) is 8.59. The smallest absolute Gasteiger partial charge is 0.369 e. The first kappa shape index (κ1) is 21.9. The molecule has 0 aliphatic carbocycles. The highest BCUT2D eigenvalue weighted by atomic mass is 19.4. The van der Waals surface area contributed by atoms with Crippen LogP contribution in [0, 0.1) is 0 Å². The van der Waals surface area contributed by atoms with E-state index in [9.17, 15) is 22.8 Å². The topological polar surface area (TPSA) is 47.1 Å². The lowest BCUT2D eigenvalue weighted by molar-refractivity contribution is -0.153. The van der Waals surface area contributed by atoms with Gasteiger partial charge in [-0.05, 0) is 50.4 Å². The SMILES string of the molecule is O=C1[C@H]2CCCN2C(=O)CN1CCCCN1CCN(c2cccc(C(F)(F)F)c2)CC1. The van der Waals surface area contributed by atoms with E-state index in [1.54, 1.807) is 15.9 Å². The first-order valence-corrected chi connectivity index (χ1v) is 11.1. The van der Waals surface area contributed by atoms with Crippen molar-refractivity contribution in [2.24, 2.45) is 0 Å². The van der Waals surface area contributed by atoms with Gasteiger partial charge in [0, 0.05) is 45.0 Å². The Morgan fingerprint density at radius 1 is 0.968 bits per heavy atom. The Labute approximate surface area is 180 Å². The lowest BCUT2D eigenvalue weighted by Gasteiger charge is -2.37. The molecule has 0 spiro atoms. The van der Waals surface area contributed by atoms with Crippen LogP contribution in [-0.4, -0.2) is 84.9 Å². The Kier molecular flexibility index (Phi) is 6.41. The van der Waals surface area contributed by atoms with Gasteiger partial charge in [0.05, 0.1) is 12.1 Å². The van der Waals surface area contributed by atoms with Crippen molar-refractivity contribution in [1.29, 1.82) is 0 Å². The standard InChI is InChI=1S/C22H29F3N4O2/c23-22(24,25)17-5-3-6-18(15-17)27-13-11-26(12-14-27)8-1-2-9-28-16-20(30)29-10-4-7-19(29)21(28)31/h3,5-6,15,19H,1-2,4,7-14,16H2/t19-/m1/s1. The monoisotopic (exact) mass is 438 g/mol. The fourth-order valence-corrected chi connectivity index (χ4v) is 4.80. The summed E-state index contributed by atoms with van der Waals surface area (Å²) in [5.41, 5.74) is 0.00241. The van der Waals surface area contributed by atoms with Crippen molar-refractivity contribution < 1.29 is 22.8 Å². The molecule has 170 valence electrons. The largest absolute Gasteiger partial charge is 0.416 e. The molecular formula is C22H29F3N4O2. The number of unbranched alkanes of at least 4 members (excludes halogenated alkanes) is 1. The molecule has 0 saturated carbocycles. The molecule has 0 radical (unpaired) electrons. The predicted molar refractivity (Wildman–Crippen MR) is 111 cm³/mol. The molecule has 4 rings (SSSR count). The molecule has 0 bridgehead atoms. The molecule has 0 aromatic heterocycles. The summed E-state index contributed by atoms with van der Waals surface area (Å²) in [7, 11) is 0. The van der Waals surface area contributed by atoms with Gasteiger partial charge in [-0.15, -0.1) is 0 Å². The number of hydrogen-bond acceptors (Lipinski definition) is 4. The summed E-state index contributed by atoms with van der Waals surface area (Å²) >= 11 is 0. The van der Waals surface area contributed by atoms with Crippen molar-refractivity contribution in [3.63, 3.8) is 0 Å². The normalized spacial score (nSPS) is 22.9. The molecule has 0 N–H and O–H groups in total. The molecule has 3 saturated heterocycles. The highest BCUT2D eigenvalue weighted by Gasteiger charge is 2.41. The zero-order valence-electron chi connectivity index (χ0n) is 17.6. The average molecular weight is 438 g/mol. The molecule has 1 atom stereocenters. The molecule has 3 aliphatic heterocycles. The van der Waals surface area contributed by atoms with Gasteiger partial charge in [-0.25, -0.2) is 0 Å². The van der Waals surface area contributed by atoms with Gasteiger partial charge < -0.3 is 14.7 Å². The summed E-state index contributed by atoms with van der Waals surface area (Å²) in [5, 5.41) is 0. The number of benzene rings is 1. The van der Waals surface area contributed by atoms with E-state index < -0.39 is 11.7 Å². The van der Waals surface area contributed by atoms with E-state index in [0.717, 1.165) is 51.4 Å². The second-order valence-electron chi connectivity index (χ2n) is 8.59. The van der Waals surface area contributed by atoms with Gasteiger partial charge in [-0.3, -0.25) is 14.5 Å². The summed E-state index contributed by atoms with van der Waals surface area (Å²) in [6.07, 6.45) is -0.872. The molecule has 1 aromatic rings. The Balaban J connectivity index is 1.18. The maximum atomic E-state index is 12.9. The number of carbonyl (C=O) groups is 2. The van der Waals surface area contributed by atoms with Crippen LogP contribution in [0.3, 0.4) is 0 Å². The van der Waals surface area contributed by atoms with Gasteiger partial charge in [0.1, 0.15) is 6.04 Å². The van der Waals surface area contributed by atoms with E-state index in [1.807, 2.05) is 4.90 Å². The molecule has 31 heavy (non-hydrogen) atoms. The quantitative estimate of drug-likeness (QED) is 0.641. The number of nitrogens with zero attached hydrogens (tertiary/aromatic N) is 4. The number of anilines is 1. The van der Waals surface area contributed by atoms with E-state index >= 15 is 0 Å². The van der Waals surface area contributed by atoms with Crippen LogP contribution in [0.5, 0.6) is 0 Å². The van der Waals surface area contributed by atoms with Gasteiger partial charge in [0.25, 0.3) is 0 Å². The van der Waals surface area contributed by atoms with Gasteiger partial charge in [0.15, 0.2) is 0 Å². The number of amides is 2. The third-order valence-corrected chi connectivity index (χ3v) is 6.56. The zero-order valence-corrected chi connectivity index (χ0v) is 17.6. The Bertz CT molecular complexity index is 808. The van der Waals surface area contributed by atoms with Gasteiger partial charge in [0.2, 0.25) is 11.8 Å². The number of piperazine rings is 2. The second kappa shape index (κ2) is 9.06. The maximum absolute atomic E-state index is 12.9. The summed E-state index contributed by atoms with van der Waals surface area (Å²) in [6.45, 7) is 5.39. The molecule has 0 unspecified atom stereocenters. The lowest BCUT2D eigenvalue weighted by atomic mass is 10.1. The van der Waals surface area contributed by atoms with Crippen LogP contribution < -0.4 is 4.90 Å². The molecule has 3 heterocycles. The molecule has 3 fully saturated rings. The lowest BCUT2D eigenvalue weighted by Crippen LogP contribution is -2.57. The van der Waals surface area contributed by atoms with Crippen molar-refractivity contribution >= 4 is 17.5 Å². The number of hydrogen-bond donors (Lipinski definition) is 0. The van der Waals surface area contributed by atoms with Crippen molar-refractivity contribution in [3.8, 4) is 0 Å². The van der Waals surface area contributed by atoms with Crippen molar-refractivity contribution in [1.82, 2.24) is 14.7 Å². The molecule has 9 heteroatoms. The predicted octanol–water partition coefficient (Wildman–Crippen LogP) is 2.44. The summed E-state index contributed by atoms with van der Waals surface area (Å²) in [4.78, 5) is 32.5. The molecule has 2 amide bonds. The maximum Gasteiger partial charge on any atom is 0.416 e. The van der Waals surface area contributed by atoms with Gasteiger partial charge >= 0.3 is 6.18 Å². The fourth-order valence-electron chi connectivity index (χ4n) is 4.80. The first-order chi connectivity index (χ1) is 14.8. The third kappa shape index (κ3) is 4.97. The van der Waals surface area contributed by atoms with E-state index in [0.29, 0.717) is 31.9 Å². The molecule has 6 nitrogen and oxygen atoms in total. The van der Waals surface area contributed by atoms with Crippen LogP contribution in [-0.2, 0) is 15.8 Å². The van der Waals surface area contributed by atoms with Crippen molar-refractivity contribution in [2.45, 2.75) is 37.9 Å². The zero-order chi connectivity index (χ0) is 22.0. The number of alkyl halides is 3. The van der Waals surface area contributed by atoms with E-state index in [1.165, 1.54) is 12.1 Å². The van der Waals surface area contributed by atoms with Crippen LogP contribution in [0.1, 0.15) is 31.2 Å². The van der Waals surface area contributed by atoms with Crippen LogP contribution in [0.2, 0.25) is 0 Å². The highest BCUT2D eigenvalue weighted by Crippen LogP contribution is 2.32. The molecule has 1 aromatic carbocycles. The Hall–Kier alpha value is -2.29. The highest BCUT2D eigenvalue weighted by molar-refractivity contribution is 5.95. The minimum atomic E-state index is -4.33. The minimum Gasteiger partial charge on any atom is -0.369 e. The number of halogens is 3. The van der Waals surface area contributed by atoms with Gasteiger partial charge in [-0.1, -0.05) is 6.07 Å². The summed E-state index contributed by atoms with van der Waals surface area (Å²) in [5.74, 6) is 0.152. The van der Waals surface area contributed by atoms with Gasteiger partial charge in [-0.2, -0.15) is 13.2 Å². The summed E-state index contributed by atoms with van der Waals surface area (Å²) < 4.78 is 38.8. The third-order valence-electron chi connectivity index (χ3n) is 6.56. The van der Waals surface area contributed by atoms with E-state index in [4.69, 9.17) is 0 Å². The van der Waals surface area contributed by atoms with E-state index in [-0.39, 0.29) is 24.4 Å². The number of fused-ring (bicyclic) bond motifs is 1. The van der Waals surface area contributed by atoms with Crippen LogP contribution in [0.25, 0.3) is 0 Å². The molecular weight excluding hydrogens is 409 g/mol. The molecule has 3 aliphatic rings. The Morgan fingerprint density at radius 2 is 1.71 bits per heavy atom. The summed E-state index contributed by atoms with van der Waals surface area (Å²) in [6, 6.07) is 5.27. The first-order valence-electron chi connectivity index (χ1n) is 11.1. The minimum absolute atomic E-state index is 0.0628.